The summed E-state index contributed by atoms with van der Waals surface area (Å²) < 4.78 is 10.6. The summed E-state index contributed by atoms with van der Waals surface area (Å²) in [5.74, 6) is 1.36. The fourth-order valence-corrected chi connectivity index (χ4v) is 3.88. The first-order valence-electron chi connectivity index (χ1n) is 9.88. The lowest BCUT2D eigenvalue weighted by Gasteiger charge is -2.34. The molecular weight excluding hydrogens is 386 g/mol. The first-order valence-corrected chi connectivity index (χ1v) is 9.88. The third-order valence-electron chi connectivity index (χ3n) is 5.54. The van der Waals surface area contributed by atoms with E-state index in [-0.39, 0.29) is 22.4 Å². The predicted octanol–water partition coefficient (Wildman–Crippen LogP) is 3.49. The number of benzene rings is 2. The van der Waals surface area contributed by atoms with Crippen LogP contribution in [0.4, 0.5) is 11.4 Å². The fraction of sp³-hybridized carbons (Fsp3) is 0.409. The lowest BCUT2D eigenvalue weighted by molar-refractivity contribution is -0.384. The van der Waals surface area contributed by atoms with Gasteiger partial charge in [-0.15, -0.1) is 0 Å². The van der Waals surface area contributed by atoms with E-state index in [0.717, 1.165) is 5.56 Å². The SMILES string of the molecule is COc1ccc(CN(C)C(=O)C2CCN(c3ccccc3[N+](=O)[O-])CC2)c(OC)c1. The van der Waals surface area contributed by atoms with Gasteiger partial charge in [-0.25, -0.2) is 0 Å². The zero-order valence-corrected chi connectivity index (χ0v) is 17.5. The lowest BCUT2D eigenvalue weighted by Crippen LogP contribution is -2.41. The van der Waals surface area contributed by atoms with Crippen molar-refractivity contribution in [3.05, 3.63) is 58.1 Å². The van der Waals surface area contributed by atoms with Crippen LogP contribution in [-0.2, 0) is 11.3 Å². The smallest absolute Gasteiger partial charge is 0.292 e. The number of nitro benzene ring substituents is 1. The highest BCUT2D eigenvalue weighted by Gasteiger charge is 2.29. The molecule has 0 N–H and O–H groups in total. The number of methoxy groups -OCH3 is 2. The van der Waals surface area contributed by atoms with E-state index in [9.17, 15) is 14.9 Å². The number of hydrogen-bond acceptors (Lipinski definition) is 6. The molecule has 1 aliphatic rings. The Bertz CT molecular complexity index is 909. The Kier molecular flexibility index (Phi) is 6.76. The minimum atomic E-state index is -0.359. The summed E-state index contributed by atoms with van der Waals surface area (Å²) in [6.07, 6.45) is 1.32. The normalized spacial score (nSPS) is 14.3. The number of piperidine rings is 1. The van der Waals surface area contributed by atoms with Gasteiger partial charge in [0.15, 0.2) is 0 Å². The number of nitro groups is 1. The van der Waals surface area contributed by atoms with E-state index in [4.69, 9.17) is 9.47 Å². The summed E-state index contributed by atoms with van der Waals surface area (Å²) in [5, 5.41) is 11.3. The highest BCUT2D eigenvalue weighted by Crippen LogP contribution is 2.32. The molecule has 1 amide bonds. The Labute approximate surface area is 176 Å². The molecule has 160 valence electrons. The van der Waals surface area contributed by atoms with Crippen LogP contribution in [0.25, 0.3) is 0 Å². The average Bonchev–Trinajstić information content (AvgIpc) is 2.78. The maximum Gasteiger partial charge on any atom is 0.292 e. The van der Waals surface area contributed by atoms with Crippen LogP contribution in [0.3, 0.4) is 0 Å². The first-order chi connectivity index (χ1) is 14.4. The van der Waals surface area contributed by atoms with Crippen molar-refractivity contribution in [2.75, 3.05) is 39.3 Å². The number of carbonyl (C=O) groups excluding carboxylic acids is 1. The Hall–Kier alpha value is -3.29. The quantitative estimate of drug-likeness (QED) is 0.510. The number of hydrogen-bond donors (Lipinski definition) is 0. The monoisotopic (exact) mass is 413 g/mol. The molecule has 3 rings (SSSR count). The summed E-state index contributed by atoms with van der Waals surface area (Å²) in [7, 11) is 4.99. The van der Waals surface area contributed by atoms with Gasteiger partial charge in [0.2, 0.25) is 5.91 Å². The van der Waals surface area contributed by atoms with Gasteiger partial charge in [-0.3, -0.25) is 14.9 Å². The van der Waals surface area contributed by atoms with Gasteiger partial charge in [0.1, 0.15) is 17.2 Å². The van der Waals surface area contributed by atoms with E-state index in [1.165, 1.54) is 6.07 Å². The molecule has 0 radical (unpaired) electrons. The number of rotatable bonds is 7. The maximum absolute atomic E-state index is 13.0. The van der Waals surface area contributed by atoms with Crippen LogP contribution in [0.2, 0.25) is 0 Å². The van der Waals surface area contributed by atoms with Gasteiger partial charge in [-0.1, -0.05) is 12.1 Å². The molecule has 0 aromatic heterocycles. The largest absolute Gasteiger partial charge is 0.497 e. The van der Waals surface area contributed by atoms with Crippen LogP contribution in [0.15, 0.2) is 42.5 Å². The van der Waals surface area contributed by atoms with Crippen molar-refractivity contribution in [2.24, 2.45) is 5.92 Å². The number of carbonyl (C=O) groups is 1. The number of anilines is 1. The molecule has 0 atom stereocenters. The molecule has 1 aliphatic heterocycles. The van der Waals surface area contributed by atoms with E-state index in [1.54, 1.807) is 50.4 Å². The molecule has 1 heterocycles. The molecule has 8 heteroatoms. The van der Waals surface area contributed by atoms with E-state index in [2.05, 4.69) is 0 Å². The lowest BCUT2D eigenvalue weighted by atomic mass is 9.94. The van der Waals surface area contributed by atoms with Crippen molar-refractivity contribution in [2.45, 2.75) is 19.4 Å². The van der Waals surface area contributed by atoms with Gasteiger partial charge in [0, 0.05) is 50.3 Å². The molecule has 2 aromatic carbocycles. The second-order valence-electron chi connectivity index (χ2n) is 7.38. The number of para-hydroxylation sites is 2. The zero-order chi connectivity index (χ0) is 21.7. The predicted molar refractivity (Wildman–Crippen MR) is 114 cm³/mol. The second-order valence-corrected chi connectivity index (χ2v) is 7.38. The van der Waals surface area contributed by atoms with Gasteiger partial charge in [0.05, 0.1) is 19.1 Å². The minimum absolute atomic E-state index is 0.0788. The highest BCUT2D eigenvalue weighted by molar-refractivity contribution is 5.79. The van der Waals surface area contributed by atoms with Crippen LogP contribution in [0.5, 0.6) is 11.5 Å². The summed E-state index contributed by atoms with van der Waals surface area (Å²) in [4.78, 5) is 27.6. The molecule has 0 bridgehead atoms. The van der Waals surface area contributed by atoms with Gasteiger partial charge >= 0.3 is 0 Å². The molecule has 1 saturated heterocycles. The van der Waals surface area contributed by atoms with Crippen molar-refractivity contribution < 1.29 is 19.2 Å². The topological polar surface area (TPSA) is 85.2 Å². The highest BCUT2D eigenvalue weighted by atomic mass is 16.6. The third-order valence-corrected chi connectivity index (χ3v) is 5.54. The second kappa shape index (κ2) is 9.47. The van der Waals surface area contributed by atoms with Crippen LogP contribution in [0.1, 0.15) is 18.4 Å². The van der Waals surface area contributed by atoms with Crippen molar-refractivity contribution in [1.82, 2.24) is 4.90 Å². The fourth-order valence-electron chi connectivity index (χ4n) is 3.88. The third kappa shape index (κ3) is 4.64. The summed E-state index contributed by atoms with van der Waals surface area (Å²) >= 11 is 0. The van der Waals surface area contributed by atoms with Gasteiger partial charge in [-0.05, 0) is 31.0 Å². The Morgan fingerprint density at radius 2 is 1.87 bits per heavy atom. The Balaban J connectivity index is 1.62. The van der Waals surface area contributed by atoms with Crippen LogP contribution in [-0.4, -0.2) is 50.1 Å². The van der Waals surface area contributed by atoms with Crippen LogP contribution < -0.4 is 14.4 Å². The van der Waals surface area contributed by atoms with Gasteiger partial charge in [-0.2, -0.15) is 0 Å². The molecular formula is C22H27N3O5. The molecule has 2 aromatic rings. The van der Waals surface area contributed by atoms with Gasteiger partial charge < -0.3 is 19.3 Å². The number of amides is 1. The van der Waals surface area contributed by atoms with Crippen molar-refractivity contribution in [1.29, 1.82) is 0 Å². The van der Waals surface area contributed by atoms with Gasteiger partial charge in [0.25, 0.3) is 5.69 Å². The van der Waals surface area contributed by atoms with Crippen LogP contribution in [0, 0.1) is 16.0 Å². The summed E-state index contributed by atoms with van der Waals surface area (Å²) in [5.41, 5.74) is 1.63. The molecule has 0 saturated carbocycles. The summed E-state index contributed by atoms with van der Waals surface area (Å²) in [6.45, 7) is 1.66. The number of ether oxygens (including phenoxy) is 2. The van der Waals surface area contributed by atoms with Crippen molar-refractivity contribution in [3.63, 3.8) is 0 Å². The molecule has 30 heavy (non-hydrogen) atoms. The maximum atomic E-state index is 13.0. The molecule has 0 spiro atoms. The first kappa shape index (κ1) is 21.4. The Morgan fingerprint density at radius 3 is 2.50 bits per heavy atom. The molecule has 0 aliphatic carbocycles. The molecule has 0 unspecified atom stereocenters. The van der Waals surface area contributed by atoms with E-state index < -0.39 is 0 Å². The number of nitrogens with zero attached hydrogens (tertiary/aromatic N) is 3. The molecule has 8 nitrogen and oxygen atoms in total. The standard InChI is InChI=1S/C22H27N3O5/c1-23(15-17-8-9-18(29-2)14-21(17)30-3)22(26)16-10-12-24(13-11-16)19-6-4-5-7-20(19)25(27)28/h4-9,14,16H,10-13,15H2,1-3H3. The van der Waals surface area contributed by atoms with E-state index in [0.29, 0.717) is 49.7 Å². The molecule has 1 fully saturated rings. The Morgan fingerprint density at radius 1 is 1.17 bits per heavy atom. The zero-order valence-electron chi connectivity index (χ0n) is 17.5. The summed E-state index contributed by atoms with van der Waals surface area (Å²) in [6, 6.07) is 12.3. The van der Waals surface area contributed by atoms with Crippen molar-refractivity contribution in [3.8, 4) is 11.5 Å². The van der Waals surface area contributed by atoms with E-state index >= 15 is 0 Å². The van der Waals surface area contributed by atoms with Crippen molar-refractivity contribution >= 4 is 17.3 Å². The average molecular weight is 413 g/mol. The van der Waals surface area contributed by atoms with Crippen LogP contribution >= 0.6 is 0 Å². The minimum Gasteiger partial charge on any atom is -0.497 e. The van der Waals surface area contributed by atoms with E-state index in [1.807, 2.05) is 17.0 Å².